The molecular weight excluding hydrogens is 280 g/mol. The highest BCUT2D eigenvalue weighted by molar-refractivity contribution is 7.91. The monoisotopic (exact) mass is 302 g/mol. The summed E-state index contributed by atoms with van der Waals surface area (Å²) < 4.78 is 27.1. The van der Waals surface area contributed by atoms with Crippen LogP contribution in [0.4, 0.5) is 0 Å². The van der Waals surface area contributed by atoms with Crippen molar-refractivity contribution in [3.05, 3.63) is 17.0 Å². The van der Waals surface area contributed by atoms with Gasteiger partial charge in [-0.15, -0.1) is 11.3 Å². The van der Waals surface area contributed by atoms with E-state index in [1.54, 1.807) is 4.31 Å². The van der Waals surface area contributed by atoms with Crippen LogP contribution in [0.15, 0.2) is 15.7 Å². The van der Waals surface area contributed by atoms with Gasteiger partial charge in [-0.2, -0.15) is 4.31 Å². The van der Waals surface area contributed by atoms with E-state index in [1.165, 1.54) is 11.3 Å². The van der Waals surface area contributed by atoms with E-state index < -0.39 is 10.0 Å². The molecule has 0 spiro atoms. The summed E-state index contributed by atoms with van der Waals surface area (Å²) in [5.74, 6) is 0. The van der Waals surface area contributed by atoms with Crippen LogP contribution in [-0.2, 0) is 16.6 Å². The fourth-order valence-corrected chi connectivity index (χ4v) is 5.12. The van der Waals surface area contributed by atoms with Crippen LogP contribution in [0.2, 0.25) is 0 Å². The van der Waals surface area contributed by atoms with Crippen molar-refractivity contribution in [1.29, 1.82) is 0 Å². The van der Waals surface area contributed by atoms with Gasteiger partial charge in [-0.05, 0) is 42.8 Å². The Hall–Kier alpha value is -0.430. The van der Waals surface area contributed by atoms with Gasteiger partial charge in [-0.3, -0.25) is 0 Å². The summed E-state index contributed by atoms with van der Waals surface area (Å²) in [5, 5.41) is 5.23. The Labute approximate surface area is 119 Å². The lowest BCUT2D eigenvalue weighted by Gasteiger charge is -2.18. The second-order valence-electron chi connectivity index (χ2n) is 4.89. The normalized spacial score (nSPS) is 16.2. The Kier molecular flexibility index (Phi) is 5.00. The first-order valence-corrected chi connectivity index (χ1v) is 9.21. The molecule has 1 heterocycles. The third-order valence-corrected chi connectivity index (χ3v) is 6.71. The second kappa shape index (κ2) is 6.35. The van der Waals surface area contributed by atoms with Gasteiger partial charge >= 0.3 is 0 Å². The fourth-order valence-electron chi connectivity index (χ4n) is 2.09. The first kappa shape index (κ1) is 15.0. The maximum atomic E-state index is 12.5. The predicted octanol–water partition coefficient (Wildman–Crippen LogP) is 2.42. The topological polar surface area (TPSA) is 49.4 Å². The minimum Gasteiger partial charge on any atom is -0.313 e. The van der Waals surface area contributed by atoms with Crippen molar-refractivity contribution in [3.8, 4) is 0 Å². The first-order valence-electron chi connectivity index (χ1n) is 6.89. The molecule has 1 aliphatic rings. The van der Waals surface area contributed by atoms with Gasteiger partial charge in [0.05, 0.1) is 0 Å². The zero-order valence-corrected chi connectivity index (χ0v) is 13.2. The Morgan fingerprint density at radius 2 is 2.16 bits per heavy atom. The highest BCUT2D eigenvalue weighted by Gasteiger charge is 2.37. The number of thiophene rings is 1. The van der Waals surface area contributed by atoms with Crippen LogP contribution in [0.5, 0.6) is 0 Å². The van der Waals surface area contributed by atoms with E-state index in [0.717, 1.165) is 37.9 Å². The molecule has 1 N–H and O–H groups in total. The standard InChI is InChI=1S/C13H22N2O2S2/c1-3-7-14-9-11-8-13(18-10-11)19(16,17)15(4-2)12-5-6-12/h8,10,12,14H,3-7,9H2,1-2H3. The lowest BCUT2D eigenvalue weighted by Crippen LogP contribution is -2.32. The highest BCUT2D eigenvalue weighted by Crippen LogP contribution is 2.33. The summed E-state index contributed by atoms with van der Waals surface area (Å²) in [7, 11) is -3.27. The molecule has 0 unspecified atom stereocenters. The smallest absolute Gasteiger partial charge is 0.252 e. The number of nitrogens with one attached hydrogen (secondary N) is 1. The molecule has 6 heteroatoms. The van der Waals surface area contributed by atoms with E-state index in [9.17, 15) is 8.42 Å². The van der Waals surface area contributed by atoms with E-state index in [-0.39, 0.29) is 6.04 Å². The van der Waals surface area contributed by atoms with Crippen molar-refractivity contribution in [2.75, 3.05) is 13.1 Å². The van der Waals surface area contributed by atoms with Crippen LogP contribution < -0.4 is 5.32 Å². The molecule has 1 fully saturated rings. The quantitative estimate of drug-likeness (QED) is 0.750. The molecule has 0 saturated heterocycles. The van der Waals surface area contributed by atoms with Gasteiger partial charge in [0.25, 0.3) is 10.0 Å². The van der Waals surface area contributed by atoms with E-state index in [0.29, 0.717) is 10.8 Å². The summed E-state index contributed by atoms with van der Waals surface area (Å²) in [6.07, 6.45) is 3.09. The van der Waals surface area contributed by atoms with Crippen molar-refractivity contribution in [2.24, 2.45) is 0 Å². The number of nitrogens with zero attached hydrogens (tertiary/aromatic N) is 1. The largest absolute Gasteiger partial charge is 0.313 e. The molecule has 108 valence electrons. The maximum absolute atomic E-state index is 12.5. The molecule has 0 atom stereocenters. The Morgan fingerprint density at radius 3 is 2.74 bits per heavy atom. The van der Waals surface area contributed by atoms with Crippen LogP contribution in [-0.4, -0.2) is 31.9 Å². The predicted molar refractivity (Wildman–Crippen MR) is 78.9 cm³/mol. The van der Waals surface area contributed by atoms with Crippen molar-refractivity contribution in [2.45, 2.75) is 49.9 Å². The summed E-state index contributed by atoms with van der Waals surface area (Å²) in [5.41, 5.74) is 1.06. The third kappa shape index (κ3) is 3.56. The highest BCUT2D eigenvalue weighted by atomic mass is 32.2. The van der Waals surface area contributed by atoms with Gasteiger partial charge in [-0.1, -0.05) is 13.8 Å². The average molecular weight is 302 g/mol. The van der Waals surface area contributed by atoms with Crippen LogP contribution in [0, 0.1) is 0 Å². The molecule has 1 aromatic rings. The molecule has 0 aromatic carbocycles. The second-order valence-corrected chi connectivity index (χ2v) is 7.92. The van der Waals surface area contributed by atoms with Crippen molar-refractivity contribution < 1.29 is 8.42 Å². The Balaban J connectivity index is 2.07. The van der Waals surface area contributed by atoms with Crippen LogP contribution in [0.25, 0.3) is 0 Å². The van der Waals surface area contributed by atoms with Gasteiger partial charge < -0.3 is 5.32 Å². The fraction of sp³-hybridized carbons (Fsp3) is 0.692. The molecule has 1 aromatic heterocycles. The van der Waals surface area contributed by atoms with Gasteiger partial charge in [0.1, 0.15) is 4.21 Å². The third-order valence-electron chi connectivity index (χ3n) is 3.21. The summed E-state index contributed by atoms with van der Waals surface area (Å²) in [4.78, 5) is 0. The zero-order chi connectivity index (χ0) is 13.9. The minimum atomic E-state index is -3.27. The molecule has 0 radical (unpaired) electrons. The molecule has 0 amide bonds. The van der Waals surface area contributed by atoms with Crippen molar-refractivity contribution >= 4 is 21.4 Å². The van der Waals surface area contributed by atoms with E-state index >= 15 is 0 Å². The van der Waals surface area contributed by atoms with Gasteiger partial charge in [-0.25, -0.2) is 8.42 Å². The van der Waals surface area contributed by atoms with Crippen LogP contribution in [0.3, 0.4) is 0 Å². The number of rotatable bonds is 8. The molecule has 19 heavy (non-hydrogen) atoms. The molecule has 1 saturated carbocycles. The summed E-state index contributed by atoms with van der Waals surface area (Å²) >= 11 is 1.33. The van der Waals surface area contributed by atoms with Gasteiger partial charge in [0.2, 0.25) is 0 Å². The van der Waals surface area contributed by atoms with Gasteiger partial charge in [0, 0.05) is 19.1 Å². The minimum absolute atomic E-state index is 0.235. The van der Waals surface area contributed by atoms with E-state index in [1.807, 2.05) is 18.4 Å². The SMILES string of the molecule is CCCNCc1csc(S(=O)(=O)N(CC)C2CC2)c1. The van der Waals surface area contributed by atoms with Crippen LogP contribution >= 0.6 is 11.3 Å². The first-order chi connectivity index (χ1) is 9.09. The molecular formula is C13H22N2O2S2. The van der Waals surface area contributed by atoms with Crippen molar-refractivity contribution in [3.63, 3.8) is 0 Å². The Bertz CT molecular complexity index is 506. The number of sulfonamides is 1. The van der Waals surface area contributed by atoms with E-state index in [4.69, 9.17) is 0 Å². The van der Waals surface area contributed by atoms with E-state index in [2.05, 4.69) is 12.2 Å². The van der Waals surface area contributed by atoms with Crippen molar-refractivity contribution in [1.82, 2.24) is 9.62 Å². The average Bonchev–Trinajstić information content (AvgIpc) is 3.07. The Morgan fingerprint density at radius 1 is 1.42 bits per heavy atom. The number of hydrogen-bond acceptors (Lipinski definition) is 4. The summed E-state index contributed by atoms with van der Waals surface area (Å²) in [6.45, 7) is 6.29. The number of hydrogen-bond donors (Lipinski definition) is 1. The van der Waals surface area contributed by atoms with Gasteiger partial charge in [0.15, 0.2) is 0 Å². The molecule has 2 rings (SSSR count). The van der Waals surface area contributed by atoms with Crippen LogP contribution in [0.1, 0.15) is 38.7 Å². The maximum Gasteiger partial charge on any atom is 0.252 e. The molecule has 0 aliphatic heterocycles. The zero-order valence-electron chi connectivity index (χ0n) is 11.6. The summed E-state index contributed by atoms with van der Waals surface area (Å²) in [6, 6.07) is 2.05. The lowest BCUT2D eigenvalue weighted by molar-refractivity contribution is 0.422. The molecule has 1 aliphatic carbocycles. The lowest BCUT2D eigenvalue weighted by atomic mass is 10.3. The molecule has 4 nitrogen and oxygen atoms in total. The molecule has 0 bridgehead atoms.